The molecule has 1 heterocycles. The molecule has 0 aromatic heterocycles. The number of likely N-dealkylation sites (tertiary alicyclic amines) is 1. The largest absolute Gasteiger partial charge is 0.352 e. The molecule has 0 aliphatic carbocycles. The van der Waals surface area contributed by atoms with Gasteiger partial charge in [0.15, 0.2) is 0 Å². The van der Waals surface area contributed by atoms with Gasteiger partial charge >= 0.3 is 0 Å². The average Bonchev–Trinajstić information content (AvgIpc) is 2.32. The highest BCUT2D eigenvalue weighted by Crippen LogP contribution is 2.09. The predicted molar refractivity (Wildman–Crippen MR) is 75.6 cm³/mol. The SMILES string of the molecule is CCCC(C)NC(=O)C(C)NC1CCN(C)CC1. The number of piperidine rings is 1. The predicted octanol–water partition coefficient (Wildman–Crippen LogP) is 1.36. The number of rotatable bonds is 6. The third kappa shape index (κ3) is 5.36. The van der Waals surface area contributed by atoms with Crippen molar-refractivity contribution in [2.24, 2.45) is 0 Å². The second-order valence-electron chi connectivity index (χ2n) is 5.66. The number of carbonyl (C=O) groups is 1. The molecule has 106 valence electrons. The molecule has 2 N–H and O–H groups in total. The van der Waals surface area contributed by atoms with Crippen molar-refractivity contribution in [2.75, 3.05) is 20.1 Å². The monoisotopic (exact) mass is 255 g/mol. The van der Waals surface area contributed by atoms with Crippen LogP contribution in [0.3, 0.4) is 0 Å². The van der Waals surface area contributed by atoms with Crippen LogP contribution in [-0.2, 0) is 4.79 Å². The van der Waals surface area contributed by atoms with Crippen molar-refractivity contribution >= 4 is 5.91 Å². The fourth-order valence-electron chi connectivity index (χ4n) is 2.48. The molecule has 0 aromatic carbocycles. The van der Waals surface area contributed by atoms with Gasteiger partial charge in [-0.15, -0.1) is 0 Å². The average molecular weight is 255 g/mol. The lowest BCUT2D eigenvalue weighted by Gasteiger charge is -2.31. The Morgan fingerprint density at radius 3 is 2.50 bits per heavy atom. The number of hydrogen-bond donors (Lipinski definition) is 2. The summed E-state index contributed by atoms with van der Waals surface area (Å²) in [4.78, 5) is 14.3. The van der Waals surface area contributed by atoms with Gasteiger partial charge in [-0.2, -0.15) is 0 Å². The smallest absolute Gasteiger partial charge is 0.237 e. The Morgan fingerprint density at radius 2 is 1.94 bits per heavy atom. The Kier molecular flexibility index (Phi) is 6.65. The van der Waals surface area contributed by atoms with E-state index in [2.05, 4.69) is 36.4 Å². The lowest BCUT2D eigenvalue weighted by atomic mass is 10.0. The van der Waals surface area contributed by atoms with E-state index in [1.165, 1.54) is 0 Å². The minimum absolute atomic E-state index is 0.0855. The molecule has 4 heteroatoms. The lowest BCUT2D eigenvalue weighted by Crippen LogP contribution is -2.51. The first-order valence-corrected chi connectivity index (χ1v) is 7.28. The Morgan fingerprint density at radius 1 is 1.33 bits per heavy atom. The van der Waals surface area contributed by atoms with Crippen molar-refractivity contribution in [2.45, 2.75) is 64.6 Å². The first kappa shape index (κ1) is 15.4. The van der Waals surface area contributed by atoms with Crippen molar-refractivity contribution in [3.8, 4) is 0 Å². The standard InChI is InChI=1S/C14H29N3O/c1-5-6-11(2)15-14(18)12(3)16-13-7-9-17(4)10-8-13/h11-13,16H,5-10H2,1-4H3,(H,15,18). The normalized spacial score (nSPS) is 21.6. The quantitative estimate of drug-likeness (QED) is 0.753. The summed E-state index contributed by atoms with van der Waals surface area (Å²) in [6.07, 6.45) is 4.43. The maximum atomic E-state index is 12.0. The summed E-state index contributed by atoms with van der Waals surface area (Å²) in [5, 5.41) is 6.51. The molecule has 0 saturated carbocycles. The summed E-state index contributed by atoms with van der Waals surface area (Å²) in [5.74, 6) is 0.134. The van der Waals surface area contributed by atoms with Crippen LogP contribution < -0.4 is 10.6 Å². The zero-order chi connectivity index (χ0) is 13.5. The van der Waals surface area contributed by atoms with Crippen molar-refractivity contribution < 1.29 is 4.79 Å². The van der Waals surface area contributed by atoms with E-state index in [1.54, 1.807) is 0 Å². The van der Waals surface area contributed by atoms with Gasteiger partial charge in [0.1, 0.15) is 0 Å². The fourth-order valence-corrected chi connectivity index (χ4v) is 2.48. The van der Waals surface area contributed by atoms with Crippen LogP contribution in [-0.4, -0.2) is 49.1 Å². The van der Waals surface area contributed by atoms with Crippen LogP contribution in [0.25, 0.3) is 0 Å². The van der Waals surface area contributed by atoms with Crippen LogP contribution in [0.4, 0.5) is 0 Å². The van der Waals surface area contributed by atoms with Gasteiger partial charge in [-0.1, -0.05) is 13.3 Å². The molecule has 1 aliphatic heterocycles. The van der Waals surface area contributed by atoms with E-state index in [0.717, 1.165) is 38.8 Å². The van der Waals surface area contributed by atoms with Gasteiger partial charge in [0, 0.05) is 12.1 Å². The molecular weight excluding hydrogens is 226 g/mol. The van der Waals surface area contributed by atoms with Crippen molar-refractivity contribution in [3.05, 3.63) is 0 Å². The summed E-state index contributed by atoms with van der Waals surface area (Å²) in [6.45, 7) is 8.43. The van der Waals surface area contributed by atoms with E-state index in [-0.39, 0.29) is 18.0 Å². The lowest BCUT2D eigenvalue weighted by molar-refractivity contribution is -0.123. The van der Waals surface area contributed by atoms with E-state index < -0.39 is 0 Å². The third-order valence-corrected chi connectivity index (χ3v) is 3.71. The molecule has 2 atom stereocenters. The molecule has 1 aliphatic rings. The first-order valence-electron chi connectivity index (χ1n) is 7.28. The number of nitrogens with one attached hydrogen (secondary N) is 2. The second-order valence-corrected chi connectivity index (χ2v) is 5.66. The Bertz CT molecular complexity index is 249. The molecule has 18 heavy (non-hydrogen) atoms. The van der Waals surface area contributed by atoms with Crippen LogP contribution in [0, 0.1) is 0 Å². The number of nitrogens with zero attached hydrogens (tertiary/aromatic N) is 1. The van der Waals surface area contributed by atoms with Gasteiger partial charge in [-0.05, 0) is 53.2 Å². The van der Waals surface area contributed by atoms with E-state index in [0.29, 0.717) is 6.04 Å². The summed E-state index contributed by atoms with van der Waals surface area (Å²) >= 11 is 0. The van der Waals surface area contributed by atoms with Crippen LogP contribution in [0.2, 0.25) is 0 Å². The highest BCUT2D eigenvalue weighted by molar-refractivity contribution is 5.81. The molecular formula is C14H29N3O. The maximum absolute atomic E-state index is 12.0. The second kappa shape index (κ2) is 7.74. The highest BCUT2D eigenvalue weighted by Gasteiger charge is 2.21. The van der Waals surface area contributed by atoms with Crippen molar-refractivity contribution in [1.29, 1.82) is 0 Å². The van der Waals surface area contributed by atoms with Gasteiger partial charge in [-0.3, -0.25) is 4.79 Å². The van der Waals surface area contributed by atoms with Crippen molar-refractivity contribution in [1.82, 2.24) is 15.5 Å². The van der Waals surface area contributed by atoms with Crippen LogP contribution in [0.15, 0.2) is 0 Å². The van der Waals surface area contributed by atoms with Gasteiger partial charge in [0.25, 0.3) is 0 Å². The molecule has 0 bridgehead atoms. The van der Waals surface area contributed by atoms with Gasteiger partial charge in [-0.25, -0.2) is 0 Å². The molecule has 2 unspecified atom stereocenters. The highest BCUT2D eigenvalue weighted by atomic mass is 16.2. The van der Waals surface area contributed by atoms with Crippen LogP contribution in [0.5, 0.6) is 0 Å². The van der Waals surface area contributed by atoms with Crippen LogP contribution >= 0.6 is 0 Å². The van der Waals surface area contributed by atoms with E-state index in [1.807, 2.05) is 6.92 Å². The minimum Gasteiger partial charge on any atom is -0.352 e. The third-order valence-electron chi connectivity index (χ3n) is 3.71. The summed E-state index contributed by atoms with van der Waals surface area (Å²) in [5.41, 5.74) is 0. The first-order chi connectivity index (χ1) is 8.52. The Labute approximate surface area is 111 Å². The molecule has 1 saturated heterocycles. The summed E-state index contributed by atoms with van der Waals surface area (Å²) in [7, 11) is 2.15. The van der Waals surface area contributed by atoms with Gasteiger partial charge in [0.2, 0.25) is 5.91 Å². The van der Waals surface area contributed by atoms with Crippen LogP contribution in [0.1, 0.15) is 46.5 Å². The molecule has 1 amide bonds. The van der Waals surface area contributed by atoms with Crippen molar-refractivity contribution in [3.63, 3.8) is 0 Å². The Balaban J connectivity index is 2.26. The molecule has 4 nitrogen and oxygen atoms in total. The van der Waals surface area contributed by atoms with E-state index in [4.69, 9.17) is 0 Å². The maximum Gasteiger partial charge on any atom is 0.237 e. The molecule has 0 radical (unpaired) electrons. The summed E-state index contributed by atoms with van der Waals surface area (Å²) < 4.78 is 0. The zero-order valence-corrected chi connectivity index (χ0v) is 12.3. The molecule has 1 fully saturated rings. The molecule has 0 aromatic rings. The topological polar surface area (TPSA) is 44.4 Å². The Hall–Kier alpha value is -0.610. The number of hydrogen-bond acceptors (Lipinski definition) is 3. The van der Waals surface area contributed by atoms with Gasteiger partial charge < -0.3 is 15.5 Å². The van der Waals surface area contributed by atoms with E-state index in [9.17, 15) is 4.79 Å². The molecule has 0 spiro atoms. The van der Waals surface area contributed by atoms with Gasteiger partial charge in [0.05, 0.1) is 6.04 Å². The number of amides is 1. The minimum atomic E-state index is -0.0855. The van der Waals surface area contributed by atoms with E-state index >= 15 is 0 Å². The summed E-state index contributed by atoms with van der Waals surface area (Å²) in [6, 6.07) is 0.686. The zero-order valence-electron chi connectivity index (χ0n) is 12.3. The fraction of sp³-hybridized carbons (Fsp3) is 0.929. The number of carbonyl (C=O) groups excluding carboxylic acids is 1. The molecule has 1 rings (SSSR count).